The highest BCUT2D eigenvalue weighted by molar-refractivity contribution is 6.34. The lowest BCUT2D eigenvalue weighted by atomic mass is 10.1. The molecule has 2 N–H and O–H groups in total. The predicted octanol–water partition coefficient (Wildman–Crippen LogP) is 3.00. The average Bonchev–Trinajstić information content (AvgIpc) is 2.50. The Morgan fingerprint density at radius 3 is 2.45 bits per heavy atom. The van der Waals surface area contributed by atoms with Crippen molar-refractivity contribution in [3.05, 3.63) is 47.0 Å². The molecule has 3 rings (SSSR count). The zero-order valence-corrected chi connectivity index (χ0v) is 12.4. The topological polar surface area (TPSA) is 67.8 Å². The summed E-state index contributed by atoms with van der Waals surface area (Å²) in [4.78, 5) is 12.1. The lowest BCUT2D eigenvalue weighted by molar-refractivity contribution is -0.115. The van der Waals surface area contributed by atoms with Crippen LogP contribution in [-0.4, -0.2) is 24.2 Å². The van der Waals surface area contributed by atoms with Crippen LogP contribution >= 0.6 is 11.6 Å². The van der Waals surface area contributed by atoms with E-state index in [2.05, 4.69) is 5.32 Å². The highest BCUT2D eigenvalue weighted by Crippen LogP contribution is 2.37. The third-order valence-corrected chi connectivity index (χ3v) is 3.52. The predicted molar refractivity (Wildman–Crippen MR) is 82.9 cm³/mol. The number of halogens is 1. The number of phenols is 1. The van der Waals surface area contributed by atoms with Crippen LogP contribution in [-0.2, 0) is 11.2 Å². The molecule has 0 fully saturated rings. The van der Waals surface area contributed by atoms with Crippen LogP contribution in [0.2, 0.25) is 5.02 Å². The Bertz CT molecular complexity index is 700. The van der Waals surface area contributed by atoms with Gasteiger partial charge in [-0.3, -0.25) is 4.79 Å². The summed E-state index contributed by atoms with van der Waals surface area (Å²) in [5.41, 5.74) is 1.28. The van der Waals surface area contributed by atoms with Crippen LogP contribution in [0.4, 0.5) is 5.69 Å². The van der Waals surface area contributed by atoms with Crippen molar-refractivity contribution in [2.45, 2.75) is 6.42 Å². The second-order valence-corrected chi connectivity index (χ2v) is 5.27. The van der Waals surface area contributed by atoms with Gasteiger partial charge in [-0.25, -0.2) is 0 Å². The van der Waals surface area contributed by atoms with Crippen LogP contribution in [0.3, 0.4) is 0 Å². The second-order valence-electron chi connectivity index (χ2n) is 4.87. The standard InChI is InChI=1S/C16H14ClNO4/c17-12-8-14-15(22-6-5-21-14)9-13(12)18-16(20)7-10-1-3-11(19)4-2-10/h1-4,8-9,19H,5-7H2,(H,18,20). The molecule has 0 unspecified atom stereocenters. The molecule has 5 nitrogen and oxygen atoms in total. The number of hydrogen-bond acceptors (Lipinski definition) is 4. The molecular formula is C16H14ClNO4. The Morgan fingerprint density at radius 2 is 1.77 bits per heavy atom. The van der Waals surface area contributed by atoms with Crippen molar-refractivity contribution in [1.29, 1.82) is 0 Å². The van der Waals surface area contributed by atoms with Crippen LogP contribution in [0, 0.1) is 0 Å². The fourth-order valence-electron chi connectivity index (χ4n) is 2.15. The molecule has 0 bridgehead atoms. The summed E-state index contributed by atoms with van der Waals surface area (Å²) < 4.78 is 10.9. The minimum Gasteiger partial charge on any atom is -0.508 e. The SMILES string of the molecule is O=C(Cc1ccc(O)cc1)Nc1cc2c(cc1Cl)OCCO2. The maximum Gasteiger partial charge on any atom is 0.228 e. The Kier molecular flexibility index (Phi) is 4.06. The van der Waals surface area contributed by atoms with Crippen LogP contribution in [0.5, 0.6) is 17.2 Å². The molecule has 114 valence electrons. The van der Waals surface area contributed by atoms with Gasteiger partial charge in [0, 0.05) is 12.1 Å². The second kappa shape index (κ2) is 6.15. The third-order valence-electron chi connectivity index (χ3n) is 3.21. The van der Waals surface area contributed by atoms with Crippen molar-refractivity contribution in [2.24, 2.45) is 0 Å². The first-order valence-electron chi connectivity index (χ1n) is 6.79. The van der Waals surface area contributed by atoms with E-state index in [4.69, 9.17) is 21.1 Å². The van der Waals surface area contributed by atoms with Gasteiger partial charge in [-0.15, -0.1) is 0 Å². The van der Waals surface area contributed by atoms with Gasteiger partial charge in [0.05, 0.1) is 17.1 Å². The normalized spacial score (nSPS) is 12.8. The quantitative estimate of drug-likeness (QED) is 0.912. The molecule has 0 atom stereocenters. The number of hydrogen-bond donors (Lipinski definition) is 2. The number of benzene rings is 2. The minimum atomic E-state index is -0.204. The zero-order chi connectivity index (χ0) is 15.5. The number of aromatic hydroxyl groups is 1. The number of ether oxygens (including phenoxy) is 2. The van der Waals surface area contributed by atoms with E-state index < -0.39 is 0 Å². The van der Waals surface area contributed by atoms with Gasteiger partial charge in [0.15, 0.2) is 11.5 Å². The molecule has 0 aliphatic carbocycles. The first-order valence-corrected chi connectivity index (χ1v) is 7.16. The van der Waals surface area contributed by atoms with E-state index in [1.54, 1.807) is 36.4 Å². The Hall–Kier alpha value is -2.40. The molecule has 0 saturated heterocycles. The molecule has 0 radical (unpaired) electrons. The monoisotopic (exact) mass is 319 g/mol. The maximum absolute atomic E-state index is 12.1. The molecule has 0 aromatic heterocycles. The number of rotatable bonds is 3. The summed E-state index contributed by atoms with van der Waals surface area (Å²) in [5.74, 6) is 1.10. The van der Waals surface area contributed by atoms with Gasteiger partial charge in [0.1, 0.15) is 19.0 Å². The smallest absolute Gasteiger partial charge is 0.228 e. The summed E-state index contributed by atoms with van der Waals surface area (Å²) in [5, 5.41) is 12.4. The number of carbonyl (C=O) groups excluding carboxylic acids is 1. The molecule has 1 amide bonds. The Labute approximate surface area is 132 Å². The zero-order valence-electron chi connectivity index (χ0n) is 11.6. The van der Waals surface area contributed by atoms with Gasteiger partial charge in [-0.05, 0) is 17.7 Å². The number of fused-ring (bicyclic) bond motifs is 1. The Balaban J connectivity index is 1.72. The fourth-order valence-corrected chi connectivity index (χ4v) is 2.35. The van der Waals surface area contributed by atoms with Crippen molar-refractivity contribution in [3.8, 4) is 17.2 Å². The van der Waals surface area contributed by atoms with E-state index in [0.29, 0.717) is 35.4 Å². The molecular weight excluding hydrogens is 306 g/mol. The van der Waals surface area contributed by atoms with E-state index >= 15 is 0 Å². The van der Waals surface area contributed by atoms with Gasteiger partial charge >= 0.3 is 0 Å². The van der Waals surface area contributed by atoms with Gasteiger partial charge in [-0.2, -0.15) is 0 Å². The molecule has 1 aliphatic heterocycles. The summed E-state index contributed by atoms with van der Waals surface area (Å²) in [6.45, 7) is 0.950. The number of phenolic OH excluding ortho intramolecular Hbond substituents is 1. The highest BCUT2D eigenvalue weighted by atomic mass is 35.5. The number of carbonyl (C=O) groups is 1. The minimum absolute atomic E-state index is 0.166. The summed E-state index contributed by atoms with van der Waals surface area (Å²) >= 11 is 6.15. The molecule has 2 aromatic rings. The molecule has 1 aliphatic rings. The highest BCUT2D eigenvalue weighted by Gasteiger charge is 2.16. The van der Waals surface area contributed by atoms with Crippen LogP contribution < -0.4 is 14.8 Å². The lowest BCUT2D eigenvalue weighted by Gasteiger charge is -2.20. The largest absolute Gasteiger partial charge is 0.508 e. The molecule has 22 heavy (non-hydrogen) atoms. The van der Waals surface area contributed by atoms with Crippen molar-refractivity contribution >= 4 is 23.2 Å². The van der Waals surface area contributed by atoms with Crippen LogP contribution in [0.15, 0.2) is 36.4 Å². The molecule has 1 heterocycles. The first-order chi connectivity index (χ1) is 10.6. The summed E-state index contributed by atoms with van der Waals surface area (Å²) in [6.07, 6.45) is 0.186. The fraction of sp³-hybridized carbons (Fsp3) is 0.188. The van der Waals surface area contributed by atoms with E-state index in [-0.39, 0.29) is 18.1 Å². The van der Waals surface area contributed by atoms with Gasteiger partial charge in [0.25, 0.3) is 0 Å². The van der Waals surface area contributed by atoms with Crippen molar-refractivity contribution in [1.82, 2.24) is 0 Å². The number of nitrogens with one attached hydrogen (secondary N) is 1. The molecule has 0 saturated carbocycles. The van der Waals surface area contributed by atoms with Gasteiger partial charge in [0.2, 0.25) is 5.91 Å². The number of anilines is 1. The third kappa shape index (κ3) is 3.26. The van der Waals surface area contributed by atoms with Crippen molar-refractivity contribution in [3.63, 3.8) is 0 Å². The molecule has 0 spiro atoms. The molecule has 6 heteroatoms. The van der Waals surface area contributed by atoms with Crippen molar-refractivity contribution < 1.29 is 19.4 Å². The van der Waals surface area contributed by atoms with Crippen LogP contribution in [0.1, 0.15) is 5.56 Å². The average molecular weight is 320 g/mol. The first kappa shape index (κ1) is 14.5. The van der Waals surface area contributed by atoms with E-state index in [1.807, 2.05) is 0 Å². The lowest BCUT2D eigenvalue weighted by Crippen LogP contribution is -2.17. The van der Waals surface area contributed by atoms with Crippen LogP contribution in [0.25, 0.3) is 0 Å². The summed E-state index contributed by atoms with van der Waals surface area (Å²) in [6, 6.07) is 9.76. The number of amides is 1. The Morgan fingerprint density at radius 1 is 1.14 bits per heavy atom. The molecule has 2 aromatic carbocycles. The van der Waals surface area contributed by atoms with Crippen molar-refractivity contribution in [2.75, 3.05) is 18.5 Å². The summed E-state index contributed by atoms with van der Waals surface area (Å²) in [7, 11) is 0. The van der Waals surface area contributed by atoms with Gasteiger partial charge in [-0.1, -0.05) is 23.7 Å². The van der Waals surface area contributed by atoms with E-state index in [9.17, 15) is 9.90 Å². The van der Waals surface area contributed by atoms with E-state index in [0.717, 1.165) is 5.56 Å². The van der Waals surface area contributed by atoms with E-state index in [1.165, 1.54) is 0 Å². The van der Waals surface area contributed by atoms with Gasteiger partial charge < -0.3 is 19.9 Å². The maximum atomic E-state index is 12.1.